The molecular formula is C42H34B4Cl4N2. The van der Waals surface area contributed by atoms with Crippen molar-refractivity contribution >= 4 is 145 Å². The van der Waals surface area contributed by atoms with Gasteiger partial charge in [-0.25, -0.2) is 0 Å². The Morgan fingerprint density at radius 2 is 0.692 bits per heavy atom. The first-order chi connectivity index (χ1) is 24.3. The molecule has 6 rings (SSSR count). The van der Waals surface area contributed by atoms with Crippen molar-refractivity contribution < 1.29 is 0 Å². The summed E-state index contributed by atoms with van der Waals surface area (Å²) in [7, 11) is 28.1. The first kappa shape index (κ1) is 38.3. The maximum absolute atomic E-state index is 7.11. The van der Waals surface area contributed by atoms with Crippen LogP contribution in [0.3, 0.4) is 0 Å². The molecule has 0 fully saturated rings. The molecule has 0 aliphatic rings. The molecule has 2 nitrogen and oxygen atoms in total. The van der Waals surface area contributed by atoms with Crippen LogP contribution in [0.5, 0.6) is 0 Å². The molecule has 10 heteroatoms. The van der Waals surface area contributed by atoms with Crippen LogP contribution in [-0.2, 0) is 10.8 Å². The summed E-state index contributed by atoms with van der Waals surface area (Å²) in [5.41, 5.74) is 7.97. The number of rotatable bonds is 6. The van der Waals surface area contributed by atoms with Gasteiger partial charge in [-0.1, -0.05) is 134 Å². The number of fused-ring (bicyclic) bond motifs is 1. The first-order valence-electron chi connectivity index (χ1n) is 16.8. The average Bonchev–Trinajstić information content (AvgIpc) is 3.04. The second-order valence-corrected chi connectivity index (χ2v) is 16.8. The lowest BCUT2D eigenvalue weighted by Crippen LogP contribution is -2.33. The molecule has 0 aromatic heterocycles. The SMILES string of the molecule is [B]c1cc(N(c2ccc(C(C)(C)C)cc2)c2cc(Cl)cc(Cl)c2)c([B])c2c([B])cc(N(c3ccc(C(C)(C)C)cc3)c3cc(Cl)cc(Cl)c3)c([B])c12. The fourth-order valence-electron chi connectivity index (χ4n) is 6.50. The molecule has 0 amide bonds. The summed E-state index contributed by atoms with van der Waals surface area (Å²) in [6, 6.07) is 30.8. The second kappa shape index (κ2) is 14.4. The molecule has 0 saturated carbocycles. The van der Waals surface area contributed by atoms with Crippen LogP contribution >= 0.6 is 46.4 Å². The van der Waals surface area contributed by atoms with Crippen molar-refractivity contribution in [1.29, 1.82) is 0 Å². The molecule has 0 atom stereocenters. The Balaban J connectivity index is 1.60. The number of benzene rings is 6. The van der Waals surface area contributed by atoms with Gasteiger partial charge in [0.05, 0.1) is 0 Å². The second-order valence-electron chi connectivity index (χ2n) is 15.1. The molecule has 0 bridgehead atoms. The van der Waals surface area contributed by atoms with Crippen molar-refractivity contribution in [1.82, 2.24) is 0 Å². The van der Waals surface area contributed by atoms with Gasteiger partial charge in [0.15, 0.2) is 0 Å². The normalized spacial score (nSPS) is 12.0. The van der Waals surface area contributed by atoms with E-state index in [-0.39, 0.29) is 10.8 Å². The third-order valence-corrected chi connectivity index (χ3v) is 10.1. The summed E-state index contributed by atoms with van der Waals surface area (Å²) in [5, 5.41) is 2.92. The monoisotopic (exact) mass is 750 g/mol. The fourth-order valence-corrected chi connectivity index (χ4v) is 7.53. The molecule has 0 spiro atoms. The van der Waals surface area contributed by atoms with Gasteiger partial charge >= 0.3 is 0 Å². The highest BCUT2D eigenvalue weighted by Gasteiger charge is 2.24. The van der Waals surface area contributed by atoms with Crippen molar-refractivity contribution in [2.45, 2.75) is 52.4 Å². The summed E-state index contributed by atoms with van der Waals surface area (Å²) in [5.74, 6) is 0. The highest BCUT2D eigenvalue weighted by molar-refractivity contribution is 6.59. The Kier molecular flexibility index (Phi) is 10.6. The molecule has 6 aromatic carbocycles. The molecule has 252 valence electrons. The van der Waals surface area contributed by atoms with Crippen molar-refractivity contribution in [2.24, 2.45) is 0 Å². The van der Waals surface area contributed by atoms with Crippen LogP contribution in [0.4, 0.5) is 34.1 Å². The summed E-state index contributed by atoms with van der Waals surface area (Å²) in [6.45, 7) is 13.0. The van der Waals surface area contributed by atoms with Crippen LogP contribution in [0, 0.1) is 0 Å². The van der Waals surface area contributed by atoms with E-state index >= 15 is 0 Å². The van der Waals surface area contributed by atoms with E-state index in [1.165, 1.54) is 11.1 Å². The zero-order chi connectivity index (χ0) is 37.9. The van der Waals surface area contributed by atoms with Crippen molar-refractivity contribution in [2.75, 3.05) is 9.80 Å². The van der Waals surface area contributed by atoms with E-state index in [0.717, 1.165) is 11.4 Å². The van der Waals surface area contributed by atoms with Crippen molar-refractivity contribution in [3.05, 3.63) is 128 Å². The lowest BCUT2D eigenvalue weighted by atomic mass is 9.71. The van der Waals surface area contributed by atoms with Gasteiger partial charge in [0.25, 0.3) is 0 Å². The van der Waals surface area contributed by atoms with E-state index in [4.69, 9.17) is 77.8 Å². The van der Waals surface area contributed by atoms with Crippen LogP contribution in [0.1, 0.15) is 52.7 Å². The van der Waals surface area contributed by atoms with Crippen LogP contribution in [0.2, 0.25) is 20.1 Å². The predicted octanol–water partition coefficient (Wildman–Crippen LogP) is 10.2. The largest absolute Gasteiger partial charge is 0.311 e. The Hall–Kier alpha value is -3.40. The van der Waals surface area contributed by atoms with Gasteiger partial charge < -0.3 is 9.80 Å². The summed E-state index contributed by atoms with van der Waals surface area (Å²) in [6.07, 6.45) is 0. The quantitative estimate of drug-likeness (QED) is 0.156. The molecule has 0 heterocycles. The number of hydrogen-bond donors (Lipinski definition) is 0. The van der Waals surface area contributed by atoms with E-state index in [2.05, 4.69) is 65.8 Å². The highest BCUT2D eigenvalue weighted by atomic mass is 35.5. The van der Waals surface area contributed by atoms with E-state index in [9.17, 15) is 0 Å². The third-order valence-electron chi connectivity index (χ3n) is 9.18. The van der Waals surface area contributed by atoms with Crippen LogP contribution in [-0.4, -0.2) is 31.4 Å². The maximum atomic E-state index is 7.11. The lowest BCUT2D eigenvalue weighted by molar-refractivity contribution is 0.590. The average molecular weight is 752 g/mol. The van der Waals surface area contributed by atoms with Gasteiger partial charge in [0.1, 0.15) is 31.4 Å². The van der Waals surface area contributed by atoms with E-state index < -0.39 is 0 Å². The Morgan fingerprint density at radius 3 is 0.962 bits per heavy atom. The maximum Gasteiger partial charge on any atom is 0.117 e. The summed E-state index contributed by atoms with van der Waals surface area (Å²) in [4.78, 5) is 3.94. The zero-order valence-corrected chi connectivity index (χ0v) is 33.0. The number of nitrogens with zero attached hydrogens (tertiary/aromatic N) is 2. The Morgan fingerprint density at radius 1 is 0.404 bits per heavy atom. The van der Waals surface area contributed by atoms with Gasteiger partial charge in [0, 0.05) is 54.2 Å². The first-order valence-corrected chi connectivity index (χ1v) is 18.3. The molecule has 0 unspecified atom stereocenters. The van der Waals surface area contributed by atoms with Crippen LogP contribution < -0.4 is 31.7 Å². The minimum atomic E-state index is -0.0439. The van der Waals surface area contributed by atoms with E-state index in [1.54, 1.807) is 12.1 Å². The van der Waals surface area contributed by atoms with E-state index in [0.29, 0.717) is 75.5 Å². The van der Waals surface area contributed by atoms with E-state index in [1.807, 2.05) is 70.5 Å². The van der Waals surface area contributed by atoms with Crippen LogP contribution in [0.25, 0.3) is 10.8 Å². The van der Waals surface area contributed by atoms with Gasteiger partial charge in [-0.3, -0.25) is 0 Å². The van der Waals surface area contributed by atoms with Crippen molar-refractivity contribution in [3.8, 4) is 0 Å². The van der Waals surface area contributed by atoms with Gasteiger partial charge in [-0.2, -0.15) is 0 Å². The molecule has 0 saturated heterocycles. The lowest BCUT2D eigenvalue weighted by Gasteiger charge is -2.33. The molecule has 52 heavy (non-hydrogen) atoms. The summed E-state index contributed by atoms with van der Waals surface area (Å²) < 4.78 is 0. The minimum absolute atomic E-state index is 0.0439. The highest BCUT2D eigenvalue weighted by Crippen LogP contribution is 2.40. The van der Waals surface area contributed by atoms with Crippen LogP contribution in [0.15, 0.2) is 97.1 Å². The topological polar surface area (TPSA) is 6.48 Å². The standard InChI is InChI=1S/C42H34B4Cl4N2/c1-41(2,3)23-7-11-29(12-8-23)51(31-17-25(47)15-26(48)18-31)35-21-33(43)38-37(39(35)45)34(44)22-36(40(38)46)52(32-19-27(49)16-28(50)20-32)30-13-9-24(10-14-30)42(4,5)6/h7-22H,1-6H3. The zero-order valence-electron chi connectivity index (χ0n) is 30.0. The fraction of sp³-hybridized carbons (Fsp3) is 0.190. The molecule has 0 aliphatic carbocycles. The summed E-state index contributed by atoms with van der Waals surface area (Å²) >= 11 is 26.2. The predicted molar refractivity (Wildman–Crippen MR) is 232 cm³/mol. The van der Waals surface area contributed by atoms with Crippen molar-refractivity contribution in [3.63, 3.8) is 0 Å². The molecule has 0 aliphatic heterocycles. The molecule has 0 N–H and O–H groups in total. The van der Waals surface area contributed by atoms with Gasteiger partial charge in [-0.15, -0.1) is 0 Å². The Labute approximate surface area is 333 Å². The number of halogens is 4. The number of anilines is 6. The minimum Gasteiger partial charge on any atom is -0.311 e. The molecular weight excluding hydrogens is 718 g/mol. The van der Waals surface area contributed by atoms with Gasteiger partial charge in [0.2, 0.25) is 0 Å². The third kappa shape index (κ3) is 7.64. The Bertz CT molecular complexity index is 2110. The van der Waals surface area contributed by atoms with Gasteiger partial charge in [-0.05, 0) is 106 Å². The smallest absolute Gasteiger partial charge is 0.117 e. The molecule has 8 radical (unpaired) electrons. The molecule has 6 aromatic rings. The number of hydrogen-bond acceptors (Lipinski definition) is 2.